The third kappa shape index (κ3) is 3.85. The Labute approximate surface area is 137 Å². The minimum absolute atomic E-state index is 0.247. The van der Waals surface area contributed by atoms with Crippen molar-refractivity contribution >= 4 is 7.26 Å². The summed E-state index contributed by atoms with van der Waals surface area (Å²) in [5, 5.41) is 0. The molecule has 0 fully saturated rings. The summed E-state index contributed by atoms with van der Waals surface area (Å²) in [4.78, 5) is 0. The Hall–Kier alpha value is 0.430. The van der Waals surface area contributed by atoms with E-state index in [-0.39, 0.29) is 16.2 Å². The second kappa shape index (κ2) is 5.51. The molecule has 0 heterocycles. The van der Waals surface area contributed by atoms with Gasteiger partial charge in [-0.3, -0.25) is 0 Å². The van der Waals surface area contributed by atoms with Gasteiger partial charge in [0.25, 0.3) is 0 Å². The van der Waals surface area contributed by atoms with Crippen molar-refractivity contribution in [2.45, 2.75) is 76.2 Å². The van der Waals surface area contributed by atoms with E-state index in [9.17, 15) is 0 Å². The van der Waals surface area contributed by atoms with Crippen LogP contribution in [0.5, 0.6) is 0 Å². The van der Waals surface area contributed by atoms with Crippen molar-refractivity contribution in [1.82, 2.24) is 0 Å². The van der Waals surface area contributed by atoms with Crippen molar-refractivity contribution < 1.29 is 0 Å². The van der Waals surface area contributed by atoms with E-state index in [4.69, 9.17) is 0 Å². The van der Waals surface area contributed by atoms with Crippen LogP contribution in [0.4, 0.5) is 0 Å². The molecule has 0 aromatic carbocycles. The minimum Gasteiger partial charge on any atom is -0.0596 e. The second-order valence-corrected chi connectivity index (χ2v) is 16.4. The van der Waals surface area contributed by atoms with Crippen LogP contribution in [-0.2, 0) is 0 Å². The van der Waals surface area contributed by atoms with Gasteiger partial charge < -0.3 is 0 Å². The van der Waals surface area contributed by atoms with Gasteiger partial charge in [0.15, 0.2) is 0 Å². The van der Waals surface area contributed by atoms with Gasteiger partial charge in [-0.15, -0.1) is 0 Å². The first kappa shape index (κ1) is 21.4. The molecule has 0 saturated carbocycles. The van der Waals surface area contributed by atoms with E-state index in [2.05, 4.69) is 96.2 Å². The zero-order valence-electron chi connectivity index (χ0n) is 17.7. The summed E-state index contributed by atoms with van der Waals surface area (Å²) < 4.78 is 0. The molecule has 0 radical (unpaired) electrons. The van der Waals surface area contributed by atoms with Crippen LogP contribution in [0.3, 0.4) is 0 Å². The van der Waals surface area contributed by atoms with Crippen molar-refractivity contribution in [2.24, 2.45) is 27.1 Å². The molecule has 0 aromatic rings. The Kier molecular flexibility index (Phi) is 5.62. The van der Waals surface area contributed by atoms with Gasteiger partial charge in [0.2, 0.25) is 0 Å². The highest BCUT2D eigenvalue weighted by Crippen LogP contribution is 2.66. The van der Waals surface area contributed by atoms with Gasteiger partial charge in [0.05, 0.1) is 6.16 Å². The van der Waals surface area contributed by atoms with E-state index in [0.717, 1.165) is 0 Å². The predicted molar refractivity (Wildman–Crippen MR) is 104 cm³/mol. The number of hydrogen-bond acceptors (Lipinski definition) is 0. The summed E-state index contributed by atoms with van der Waals surface area (Å²) in [5.74, 6) is 0. The molecule has 0 unspecified atom stereocenters. The molecule has 21 heavy (non-hydrogen) atoms. The lowest BCUT2D eigenvalue weighted by atomic mass is 9.43. The molecule has 0 spiro atoms. The Morgan fingerprint density at radius 2 is 0.857 bits per heavy atom. The van der Waals surface area contributed by atoms with Gasteiger partial charge in [-0.25, -0.2) is 0 Å². The summed E-state index contributed by atoms with van der Waals surface area (Å²) in [5.41, 5.74) is 1.41. The molecule has 128 valence electrons. The molecule has 0 rings (SSSR count). The third-order valence-corrected chi connectivity index (χ3v) is 9.30. The van der Waals surface area contributed by atoms with E-state index >= 15 is 0 Å². The largest absolute Gasteiger partial charge is 0.0642 e. The summed E-state index contributed by atoms with van der Waals surface area (Å²) >= 11 is 0. The maximum Gasteiger partial charge on any atom is 0.0642 e. The Balaban J connectivity index is 5.89. The first-order valence-electron chi connectivity index (χ1n) is 8.51. The van der Waals surface area contributed by atoms with Gasteiger partial charge in [0.1, 0.15) is 0 Å². The molecule has 0 aliphatic rings. The van der Waals surface area contributed by atoms with Gasteiger partial charge in [-0.2, -0.15) is 0 Å². The highest BCUT2D eigenvalue weighted by atomic mass is 31.2. The van der Waals surface area contributed by atoms with Gasteiger partial charge >= 0.3 is 0 Å². The molecular weight excluding hydrogens is 271 g/mol. The highest BCUT2D eigenvalue weighted by molar-refractivity contribution is 7.73. The minimum atomic E-state index is -0.796. The smallest absolute Gasteiger partial charge is 0.0596 e. The van der Waals surface area contributed by atoms with Crippen LogP contribution in [0.2, 0.25) is 0 Å². The van der Waals surface area contributed by atoms with Crippen LogP contribution in [0.1, 0.15) is 76.2 Å². The van der Waals surface area contributed by atoms with Gasteiger partial charge in [0, 0.05) is 32.7 Å². The fourth-order valence-corrected chi connectivity index (χ4v) is 6.72. The maximum absolute atomic E-state index is 2.51. The van der Waals surface area contributed by atoms with Crippen molar-refractivity contribution in [3.63, 3.8) is 0 Å². The number of rotatable bonds is 5. The third-order valence-electron chi connectivity index (χ3n) is 7.56. The topological polar surface area (TPSA) is 0 Å². The summed E-state index contributed by atoms with van der Waals surface area (Å²) in [6.07, 6.45) is 1.36. The Bertz CT molecular complexity index is 356. The summed E-state index contributed by atoms with van der Waals surface area (Å²) in [7, 11) is -0.796. The monoisotopic (exact) mass is 315 g/mol. The Morgan fingerprint density at radius 3 is 1.10 bits per heavy atom. The first-order valence-corrected chi connectivity index (χ1v) is 11.8. The Morgan fingerprint density at radius 1 is 0.524 bits per heavy atom. The molecule has 0 aliphatic carbocycles. The molecule has 0 N–H and O–H groups in total. The van der Waals surface area contributed by atoms with Crippen LogP contribution >= 0.6 is 7.26 Å². The zero-order chi connectivity index (χ0) is 17.7. The summed E-state index contributed by atoms with van der Waals surface area (Å²) in [6.45, 7) is 34.6. The van der Waals surface area contributed by atoms with Crippen LogP contribution in [0.25, 0.3) is 0 Å². The van der Waals surface area contributed by atoms with Crippen LogP contribution in [0, 0.1) is 27.1 Å². The molecule has 0 nitrogen and oxygen atoms in total. The highest BCUT2D eigenvalue weighted by Gasteiger charge is 2.58. The maximum atomic E-state index is 2.51. The van der Waals surface area contributed by atoms with Gasteiger partial charge in [-0.1, -0.05) is 76.2 Å². The molecule has 0 aliphatic heterocycles. The van der Waals surface area contributed by atoms with E-state index in [1.807, 2.05) is 0 Å². The second-order valence-electron chi connectivity index (χ2n) is 11.5. The van der Waals surface area contributed by atoms with E-state index in [1.54, 1.807) is 0 Å². The molecular formula is C20H44P+. The molecule has 0 bridgehead atoms. The SMILES string of the molecule is CC(C)(C)C(C)(C)C(C)(C)C(C)(C)C(C)(C)C[P+](C)(C)C. The van der Waals surface area contributed by atoms with E-state index in [1.165, 1.54) is 6.16 Å². The van der Waals surface area contributed by atoms with Crippen LogP contribution < -0.4 is 0 Å². The molecule has 0 aromatic heterocycles. The normalized spacial score (nSPS) is 16.3. The average molecular weight is 316 g/mol. The summed E-state index contributed by atoms with van der Waals surface area (Å²) in [6, 6.07) is 0. The molecule has 0 amide bonds. The van der Waals surface area contributed by atoms with E-state index in [0.29, 0.717) is 10.8 Å². The van der Waals surface area contributed by atoms with Crippen molar-refractivity contribution in [3.05, 3.63) is 0 Å². The van der Waals surface area contributed by atoms with Crippen molar-refractivity contribution in [2.75, 3.05) is 26.2 Å². The van der Waals surface area contributed by atoms with Crippen molar-refractivity contribution in [1.29, 1.82) is 0 Å². The van der Waals surface area contributed by atoms with Crippen LogP contribution in [-0.4, -0.2) is 26.2 Å². The zero-order valence-corrected chi connectivity index (χ0v) is 18.5. The number of hydrogen-bond donors (Lipinski definition) is 0. The predicted octanol–water partition coefficient (Wildman–Crippen LogP) is 7.04. The molecule has 1 heteroatoms. The lowest BCUT2D eigenvalue weighted by molar-refractivity contribution is -0.130. The average Bonchev–Trinajstić information content (AvgIpc) is 2.10. The standard InChI is InChI=1S/C20H44P/c1-16(2,3)18(6,7)20(10,11)19(8,9)17(4,5)15-21(12,13)14/h15H2,1-14H3/q+1. The molecule has 0 saturated heterocycles. The van der Waals surface area contributed by atoms with Crippen LogP contribution in [0.15, 0.2) is 0 Å². The fraction of sp³-hybridized carbons (Fsp3) is 1.00. The van der Waals surface area contributed by atoms with E-state index < -0.39 is 7.26 Å². The first-order chi connectivity index (χ1) is 8.71. The van der Waals surface area contributed by atoms with Gasteiger partial charge in [-0.05, 0) is 21.7 Å². The lowest BCUT2D eigenvalue weighted by Crippen LogP contribution is -2.56. The quantitative estimate of drug-likeness (QED) is 0.477. The fourth-order valence-electron chi connectivity index (χ4n) is 3.95. The molecule has 0 atom stereocenters. The van der Waals surface area contributed by atoms with Crippen molar-refractivity contribution in [3.8, 4) is 0 Å². The lowest BCUT2D eigenvalue weighted by Gasteiger charge is -2.62.